The molecule has 1 atom stereocenters. The van der Waals surface area contributed by atoms with Crippen molar-refractivity contribution in [2.24, 2.45) is 0 Å². The average Bonchev–Trinajstić information content (AvgIpc) is 2.53. The Labute approximate surface area is 166 Å². The number of hydrogen-bond acceptors (Lipinski definition) is 3. The van der Waals surface area contributed by atoms with Crippen LogP contribution in [0.2, 0.25) is 5.02 Å². The van der Waals surface area contributed by atoms with Crippen LogP contribution in [0.3, 0.4) is 0 Å². The number of benzene rings is 2. The quantitative estimate of drug-likeness (QED) is 0.567. The number of aryl methyl sites for hydroxylation is 1. The molecule has 134 valence electrons. The second-order valence-electron chi connectivity index (χ2n) is 5.44. The summed E-state index contributed by atoms with van der Waals surface area (Å²) in [4.78, 5) is 12.6. The largest absolute Gasteiger partial charge is 0.530 e. The Hall–Kier alpha value is -1.33. The van der Waals surface area contributed by atoms with Gasteiger partial charge in [-0.3, -0.25) is 0 Å². The summed E-state index contributed by atoms with van der Waals surface area (Å²) < 4.78 is -1.94. The van der Waals surface area contributed by atoms with Crippen LogP contribution >= 0.6 is 46.4 Å². The van der Waals surface area contributed by atoms with Gasteiger partial charge in [-0.1, -0.05) is 82.3 Å². The van der Waals surface area contributed by atoms with Gasteiger partial charge in [0.25, 0.3) is 0 Å². The summed E-state index contributed by atoms with van der Waals surface area (Å²) in [6, 6.07) is 14.1. The van der Waals surface area contributed by atoms with Crippen LogP contribution in [-0.4, -0.2) is 21.0 Å². The highest BCUT2D eigenvalue weighted by Gasteiger charge is 2.38. The summed E-state index contributed by atoms with van der Waals surface area (Å²) in [7, 11) is 0. The minimum atomic E-state index is -1.94. The Morgan fingerprint density at radius 2 is 1.76 bits per heavy atom. The van der Waals surface area contributed by atoms with E-state index >= 15 is 0 Å². The van der Waals surface area contributed by atoms with Crippen molar-refractivity contribution in [1.82, 2.24) is 4.90 Å². The normalized spacial score (nSPS) is 12.5. The van der Waals surface area contributed by atoms with E-state index in [4.69, 9.17) is 46.4 Å². The maximum atomic E-state index is 11.7. The molecule has 1 unspecified atom stereocenters. The van der Waals surface area contributed by atoms with Crippen molar-refractivity contribution in [3.05, 3.63) is 64.7 Å². The van der Waals surface area contributed by atoms with Crippen molar-refractivity contribution >= 4 is 58.2 Å². The molecule has 25 heavy (non-hydrogen) atoms. The Bertz CT molecular complexity index is 732. The van der Waals surface area contributed by atoms with Crippen molar-refractivity contribution in [3.63, 3.8) is 0 Å². The first kappa shape index (κ1) is 20.0. The highest BCUT2D eigenvalue weighted by Crippen LogP contribution is 2.35. The van der Waals surface area contributed by atoms with E-state index in [1.165, 1.54) is 0 Å². The van der Waals surface area contributed by atoms with E-state index in [0.717, 1.165) is 10.5 Å². The van der Waals surface area contributed by atoms with Crippen LogP contribution in [-0.2, 0) is 6.54 Å². The molecule has 2 aromatic carbocycles. The van der Waals surface area contributed by atoms with Crippen molar-refractivity contribution in [2.45, 2.75) is 23.4 Å². The molecule has 2 rings (SSSR count). The highest BCUT2D eigenvalue weighted by atomic mass is 35.6. The number of carbonyl (C=O) groups excluding carboxylic acids is 1. The number of nitrogens with zero attached hydrogens (tertiary/aromatic N) is 1. The lowest BCUT2D eigenvalue weighted by molar-refractivity contribution is -0.268. The maximum absolute atomic E-state index is 11.7. The summed E-state index contributed by atoms with van der Waals surface area (Å²) in [5.74, 6) is 0. The van der Waals surface area contributed by atoms with Gasteiger partial charge in [-0.05, 0) is 30.7 Å². The summed E-state index contributed by atoms with van der Waals surface area (Å²) in [6.07, 6.45) is -2.67. The number of carboxylic acid groups (broad SMARTS) is 1. The summed E-state index contributed by atoms with van der Waals surface area (Å²) in [5, 5.41) is 15.0. The van der Waals surface area contributed by atoms with Crippen LogP contribution in [0, 0.1) is 6.92 Å². The van der Waals surface area contributed by atoms with Gasteiger partial charge in [-0.25, -0.2) is 0 Å². The predicted molar refractivity (Wildman–Crippen MR) is 101 cm³/mol. The molecule has 0 aliphatic heterocycles. The molecular formula is C17H15Cl4N2O2-. The zero-order chi connectivity index (χ0) is 18.6. The van der Waals surface area contributed by atoms with E-state index in [9.17, 15) is 9.90 Å². The standard InChI is InChI=1S/C17H16Cl4N2O2/c1-11-6-8-13(9-7-11)22-15(17(19,20)21)23(16(24)25)10-12-4-2-3-5-14(12)18/h2-9,15,22H,10H2,1H3,(H,24,25)/p-1. The molecule has 0 aliphatic carbocycles. The molecule has 1 N–H and O–H groups in total. The number of halogens is 4. The molecule has 0 aromatic heterocycles. The van der Waals surface area contributed by atoms with E-state index < -0.39 is 16.1 Å². The molecule has 0 bridgehead atoms. The molecule has 0 aliphatic rings. The first-order valence-electron chi connectivity index (χ1n) is 7.29. The van der Waals surface area contributed by atoms with Gasteiger partial charge in [0.1, 0.15) is 12.3 Å². The number of alkyl halides is 3. The molecule has 0 heterocycles. The van der Waals surface area contributed by atoms with Crippen LogP contribution in [0.4, 0.5) is 10.5 Å². The minimum absolute atomic E-state index is 0.0978. The molecule has 0 fully saturated rings. The highest BCUT2D eigenvalue weighted by molar-refractivity contribution is 6.68. The van der Waals surface area contributed by atoms with Crippen LogP contribution in [0.1, 0.15) is 11.1 Å². The van der Waals surface area contributed by atoms with Gasteiger partial charge in [0.2, 0.25) is 3.79 Å². The fourth-order valence-electron chi connectivity index (χ4n) is 2.22. The predicted octanol–water partition coefficient (Wildman–Crippen LogP) is 4.60. The Morgan fingerprint density at radius 3 is 2.28 bits per heavy atom. The number of hydrogen-bond donors (Lipinski definition) is 1. The molecule has 0 spiro atoms. The van der Waals surface area contributed by atoms with E-state index in [0.29, 0.717) is 16.3 Å². The first-order chi connectivity index (χ1) is 11.7. The van der Waals surface area contributed by atoms with Crippen molar-refractivity contribution in [1.29, 1.82) is 0 Å². The summed E-state index contributed by atoms with van der Waals surface area (Å²) in [5.41, 5.74) is 2.22. The summed E-state index contributed by atoms with van der Waals surface area (Å²) >= 11 is 24.2. The number of anilines is 1. The number of amides is 1. The lowest BCUT2D eigenvalue weighted by atomic mass is 10.2. The minimum Gasteiger partial charge on any atom is -0.530 e. The second kappa shape index (κ2) is 8.37. The smallest absolute Gasteiger partial charge is 0.228 e. The zero-order valence-corrected chi connectivity index (χ0v) is 16.2. The maximum Gasteiger partial charge on any atom is 0.228 e. The molecule has 1 amide bonds. The average molecular weight is 421 g/mol. The lowest BCUT2D eigenvalue weighted by Crippen LogP contribution is -2.55. The van der Waals surface area contributed by atoms with E-state index in [-0.39, 0.29) is 6.54 Å². The lowest BCUT2D eigenvalue weighted by Gasteiger charge is -2.38. The van der Waals surface area contributed by atoms with Crippen LogP contribution in [0.25, 0.3) is 0 Å². The molecule has 0 saturated heterocycles. The van der Waals surface area contributed by atoms with Gasteiger partial charge in [-0.2, -0.15) is 0 Å². The van der Waals surface area contributed by atoms with Crippen molar-refractivity contribution in [3.8, 4) is 0 Å². The van der Waals surface area contributed by atoms with Crippen molar-refractivity contribution < 1.29 is 9.90 Å². The second-order valence-corrected chi connectivity index (χ2v) is 8.22. The van der Waals surface area contributed by atoms with Gasteiger partial charge >= 0.3 is 0 Å². The van der Waals surface area contributed by atoms with Gasteiger partial charge in [0.15, 0.2) is 0 Å². The third-order valence-electron chi connectivity index (χ3n) is 3.51. The number of rotatable bonds is 5. The monoisotopic (exact) mass is 419 g/mol. The van der Waals surface area contributed by atoms with E-state index in [2.05, 4.69) is 5.32 Å². The van der Waals surface area contributed by atoms with E-state index in [1.807, 2.05) is 19.1 Å². The van der Waals surface area contributed by atoms with Crippen LogP contribution < -0.4 is 10.4 Å². The van der Waals surface area contributed by atoms with E-state index in [1.54, 1.807) is 36.4 Å². The molecular weight excluding hydrogens is 406 g/mol. The third-order valence-corrected chi connectivity index (χ3v) is 4.50. The third kappa shape index (κ3) is 5.58. The Kier molecular flexibility index (Phi) is 6.69. The van der Waals surface area contributed by atoms with Gasteiger partial charge in [0, 0.05) is 17.3 Å². The Balaban J connectivity index is 2.33. The van der Waals surface area contributed by atoms with Crippen molar-refractivity contribution in [2.75, 3.05) is 5.32 Å². The van der Waals surface area contributed by atoms with Gasteiger partial charge in [0.05, 0.1) is 0 Å². The number of nitrogens with one attached hydrogen (secondary N) is 1. The number of carbonyl (C=O) groups is 1. The summed E-state index contributed by atoms with van der Waals surface area (Å²) in [6.45, 7) is 1.83. The fourth-order valence-corrected chi connectivity index (χ4v) is 2.93. The first-order valence-corrected chi connectivity index (χ1v) is 8.80. The van der Waals surface area contributed by atoms with Crippen LogP contribution in [0.15, 0.2) is 48.5 Å². The van der Waals surface area contributed by atoms with Crippen LogP contribution in [0.5, 0.6) is 0 Å². The van der Waals surface area contributed by atoms with Gasteiger partial charge < -0.3 is 20.1 Å². The molecule has 0 radical (unpaired) electrons. The SMILES string of the molecule is Cc1ccc(NC(N(Cc2ccccc2Cl)C(=O)[O-])C(Cl)(Cl)Cl)cc1. The molecule has 0 saturated carbocycles. The molecule has 8 heteroatoms. The fraction of sp³-hybridized carbons (Fsp3) is 0.235. The topological polar surface area (TPSA) is 55.4 Å². The van der Waals surface area contributed by atoms with Gasteiger partial charge in [-0.15, -0.1) is 0 Å². The molecule has 2 aromatic rings. The zero-order valence-electron chi connectivity index (χ0n) is 13.2. The molecule has 4 nitrogen and oxygen atoms in total. The Morgan fingerprint density at radius 1 is 1.16 bits per heavy atom.